The number of amides is 1. The normalized spacial score (nSPS) is 13.6. The second kappa shape index (κ2) is 5.95. The minimum absolute atomic E-state index is 0.169. The molecule has 0 aliphatic rings. The van der Waals surface area contributed by atoms with Crippen molar-refractivity contribution in [3.8, 4) is 0 Å². The maximum absolute atomic E-state index is 11.7. The van der Waals surface area contributed by atoms with Crippen LogP contribution >= 0.6 is 0 Å². The lowest BCUT2D eigenvalue weighted by molar-refractivity contribution is -0.145. The molecular formula is C11H14N2O4. The van der Waals surface area contributed by atoms with E-state index in [0.717, 1.165) is 0 Å². The van der Waals surface area contributed by atoms with Gasteiger partial charge in [-0.2, -0.15) is 0 Å². The third kappa shape index (κ3) is 3.53. The number of methoxy groups -OCH3 is 1. The molecule has 1 rings (SSSR count). The summed E-state index contributed by atoms with van der Waals surface area (Å²) in [5, 5.41) is 11.7. The smallest absolute Gasteiger partial charge is 0.331 e. The maximum atomic E-state index is 11.7. The Bertz CT molecular complexity index is 392. The molecule has 0 spiro atoms. The molecule has 6 heteroatoms. The summed E-state index contributed by atoms with van der Waals surface area (Å²) in [6, 6.07) is 3.72. The number of esters is 1. The molecule has 0 aliphatic heterocycles. The number of carbonyl (C=O) groups is 2. The molecule has 2 unspecified atom stereocenters. The van der Waals surface area contributed by atoms with Crippen LogP contribution in [-0.4, -0.2) is 41.2 Å². The van der Waals surface area contributed by atoms with Crippen LogP contribution in [0, 0.1) is 0 Å². The van der Waals surface area contributed by atoms with Crippen molar-refractivity contribution in [1.29, 1.82) is 0 Å². The number of hydrogen-bond acceptors (Lipinski definition) is 5. The van der Waals surface area contributed by atoms with Crippen LogP contribution in [0.25, 0.3) is 0 Å². The SMILES string of the molecule is COC(=O)C(NC(=O)c1ccccn1)C(C)O. The summed E-state index contributed by atoms with van der Waals surface area (Å²) in [6.45, 7) is 1.39. The van der Waals surface area contributed by atoms with E-state index in [9.17, 15) is 14.7 Å². The highest BCUT2D eigenvalue weighted by atomic mass is 16.5. The average Bonchev–Trinajstić information content (AvgIpc) is 2.35. The Morgan fingerprint density at radius 2 is 2.18 bits per heavy atom. The van der Waals surface area contributed by atoms with Crippen molar-refractivity contribution < 1.29 is 19.4 Å². The third-order valence-electron chi connectivity index (χ3n) is 2.12. The summed E-state index contributed by atoms with van der Waals surface area (Å²) in [4.78, 5) is 26.8. The predicted molar refractivity (Wildman–Crippen MR) is 59.2 cm³/mol. The van der Waals surface area contributed by atoms with Crippen molar-refractivity contribution >= 4 is 11.9 Å². The minimum Gasteiger partial charge on any atom is -0.467 e. The molecule has 0 radical (unpaired) electrons. The van der Waals surface area contributed by atoms with Gasteiger partial charge in [-0.3, -0.25) is 9.78 Å². The summed E-state index contributed by atoms with van der Waals surface area (Å²) >= 11 is 0. The van der Waals surface area contributed by atoms with Crippen LogP contribution in [0.2, 0.25) is 0 Å². The molecule has 1 aromatic heterocycles. The topological polar surface area (TPSA) is 88.5 Å². The number of hydrogen-bond donors (Lipinski definition) is 2. The summed E-state index contributed by atoms with van der Waals surface area (Å²) < 4.78 is 4.48. The predicted octanol–water partition coefficient (Wildman–Crippen LogP) is -0.266. The maximum Gasteiger partial charge on any atom is 0.331 e. The molecule has 0 aromatic carbocycles. The van der Waals surface area contributed by atoms with E-state index < -0.39 is 24.0 Å². The van der Waals surface area contributed by atoms with Gasteiger partial charge in [0.2, 0.25) is 0 Å². The number of rotatable bonds is 4. The highest BCUT2D eigenvalue weighted by molar-refractivity contribution is 5.95. The molecule has 17 heavy (non-hydrogen) atoms. The van der Waals surface area contributed by atoms with Gasteiger partial charge in [-0.25, -0.2) is 4.79 Å². The number of ether oxygens (including phenoxy) is 1. The fourth-order valence-corrected chi connectivity index (χ4v) is 1.22. The van der Waals surface area contributed by atoms with E-state index in [-0.39, 0.29) is 5.69 Å². The van der Waals surface area contributed by atoms with Crippen molar-refractivity contribution in [1.82, 2.24) is 10.3 Å². The molecule has 1 heterocycles. The molecule has 1 amide bonds. The van der Waals surface area contributed by atoms with Gasteiger partial charge in [0.25, 0.3) is 5.91 Å². The second-order valence-electron chi connectivity index (χ2n) is 3.43. The lowest BCUT2D eigenvalue weighted by atomic mass is 10.2. The summed E-state index contributed by atoms with van der Waals surface area (Å²) in [5.41, 5.74) is 0.169. The number of carbonyl (C=O) groups excluding carboxylic acids is 2. The van der Waals surface area contributed by atoms with Crippen LogP contribution < -0.4 is 5.32 Å². The van der Waals surface area contributed by atoms with Crippen molar-refractivity contribution in [3.63, 3.8) is 0 Å². The van der Waals surface area contributed by atoms with E-state index in [2.05, 4.69) is 15.0 Å². The van der Waals surface area contributed by atoms with E-state index >= 15 is 0 Å². The highest BCUT2D eigenvalue weighted by Crippen LogP contribution is 1.99. The van der Waals surface area contributed by atoms with Crippen LogP contribution in [0.1, 0.15) is 17.4 Å². The highest BCUT2D eigenvalue weighted by Gasteiger charge is 2.26. The second-order valence-corrected chi connectivity index (χ2v) is 3.43. The molecule has 0 saturated heterocycles. The standard InChI is InChI=1S/C11H14N2O4/c1-7(14)9(11(16)17-2)13-10(15)8-5-3-4-6-12-8/h3-7,9,14H,1-2H3,(H,13,15). The fraction of sp³-hybridized carbons (Fsp3) is 0.364. The molecule has 0 saturated carbocycles. The number of aromatic nitrogens is 1. The number of nitrogens with one attached hydrogen (secondary N) is 1. The van der Waals surface area contributed by atoms with E-state index in [1.54, 1.807) is 12.1 Å². The van der Waals surface area contributed by atoms with Crippen LogP contribution in [0.4, 0.5) is 0 Å². The van der Waals surface area contributed by atoms with Gasteiger partial charge in [-0.1, -0.05) is 6.07 Å². The van der Waals surface area contributed by atoms with Crippen molar-refractivity contribution in [2.24, 2.45) is 0 Å². The zero-order valence-corrected chi connectivity index (χ0v) is 9.58. The molecule has 0 fully saturated rings. The Balaban J connectivity index is 2.75. The summed E-state index contributed by atoms with van der Waals surface area (Å²) in [6.07, 6.45) is 0.417. The molecule has 6 nitrogen and oxygen atoms in total. The molecule has 92 valence electrons. The lowest BCUT2D eigenvalue weighted by Crippen LogP contribution is -2.48. The van der Waals surface area contributed by atoms with Gasteiger partial charge >= 0.3 is 5.97 Å². The zero-order chi connectivity index (χ0) is 12.8. The molecule has 1 aromatic rings. The first-order valence-electron chi connectivity index (χ1n) is 5.04. The number of aliphatic hydroxyl groups excluding tert-OH is 1. The van der Waals surface area contributed by atoms with E-state index in [1.165, 1.54) is 26.3 Å². The van der Waals surface area contributed by atoms with Crippen LogP contribution in [-0.2, 0) is 9.53 Å². The Hall–Kier alpha value is -1.95. The lowest BCUT2D eigenvalue weighted by Gasteiger charge is -2.18. The van der Waals surface area contributed by atoms with Gasteiger partial charge < -0.3 is 15.2 Å². The minimum atomic E-state index is -1.10. The third-order valence-corrected chi connectivity index (χ3v) is 2.12. The number of pyridine rings is 1. The van der Waals surface area contributed by atoms with Gasteiger partial charge in [0.15, 0.2) is 6.04 Å². The molecule has 2 N–H and O–H groups in total. The van der Waals surface area contributed by atoms with Crippen molar-refractivity contribution in [3.05, 3.63) is 30.1 Å². The fourth-order valence-electron chi connectivity index (χ4n) is 1.22. The Morgan fingerprint density at radius 3 is 2.65 bits per heavy atom. The Morgan fingerprint density at radius 1 is 1.47 bits per heavy atom. The molecular weight excluding hydrogens is 224 g/mol. The first-order chi connectivity index (χ1) is 8.06. The van der Waals surface area contributed by atoms with Gasteiger partial charge in [-0.05, 0) is 19.1 Å². The van der Waals surface area contributed by atoms with Crippen LogP contribution in [0.3, 0.4) is 0 Å². The van der Waals surface area contributed by atoms with E-state index in [1.807, 2.05) is 0 Å². The van der Waals surface area contributed by atoms with Gasteiger partial charge in [-0.15, -0.1) is 0 Å². The van der Waals surface area contributed by atoms with Crippen molar-refractivity contribution in [2.75, 3.05) is 7.11 Å². The summed E-state index contributed by atoms with van der Waals surface area (Å²) in [7, 11) is 1.19. The monoisotopic (exact) mass is 238 g/mol. The van der Waals surface area contributed by atoms with Crippen molar-refractivity contribution in [2.45, 2.75) is 19.1 Å². The number of nitrogens with zero attached hydrogens (tertiary/aromatic N) is 1. The Labute approximate surface area is 98.6 Å². The van der Waals surface area contributed by atoms with Gasteiger partial charge in [0.1, 0.15) is 5.69 Å². The zero-order valence-electron chi connectivity index (χ0n) is 9.58. The first-order valence-corrected chi connectivity index (χ1v) is 5.04. The summed E-state index contributed by atoms with van der Waals surface area (Å²) in [5.74, 6) is -1.24. The van der Waals surface area contributed by atoms with E-state index in [0.29, 0.717) is 0 Å². The largest absolute Gasteiger partial charge is 0.467 e. The quantitative estimate of drug-likeness (QED) is 0.705. The van der Waals surface area contributed by atoms with Gasteiger partial charge in [0.05, 0.1) is 13.2 Å². The first kappa shape index (κ1) is 13.1. The molecule has 0 aliphatic carbocycles. The number of aliphatic hydroxyl groups is 1. The van der Waals surface area contributed by atoms with E-state index in [4.69, 9.17) is 0 Å². The van der Waals surface area contributed by atoms with Gasteiger partial charge in [0, 0.05) is 6.20 Å². The van der Waals surface area contributed by atoms with Crippen LogP contribution in [0.5, 0.6) is 0 Å². The molecule has 2 atom stereocenters. The molecule has 0 bridgehead atoms. The van der Waals surface area contributed by atoms with Crippen LogP contribution in [0.15, 0.2) is 24.4 Å². The Kier molecular flexibility index (Phi) is 4.59. The average molecular weight is 238 g/mol.